The quantitative estimate of drug-likeness (QED) is 0.0832. The van der Waals surface area contributed by atoms with Gasteiger partial charge in [0.25, 0.3) is 0 Å². The van der Waals surface area contributed by atoms with Gasteiger partial charge in [-0.2, -0.15) is 9.29 Å². The molecule has 0 aliphatic carbocycles. The fourth-order valence-corrected chi connectivity index (χ4v) is 6.48. The van der Waals surface area contributed by atoms with Gasteiger partial charge < -0.3 is 55.2 Å². The highest BCUT2D eigenvalue weighted by Crippen LogP contribution is 2.60. The largest absolute Gasteiger partial charge is 0.481 e. The van der Waals surface area contributed by atoms with Gasteiger partial charge in [0.1, 0.15) is 30.5 Å². The SMILES string of the molecule is Nc1ncnc2c1[nH]c[n+]2[C@@H]1O[C@H](COP(=O)(O)OP(=O)(O)OC[C@H]2O[C@@H](O)[C@H](O)[C@@H]2O)[C@@H](O)[C@H]1OP(=O)(O)O. The van der Waals surface area contributed by atoms with E-state index in [0.717, 1.165) is 10.9 Å². The summed E-state index contributed by atoms with van der Waals surface area (Å²) in [4.78, 5) is 48.8. The predicted octanol–water partition coefficient (Wildman–Crippen LogP) is -3.75. The molecule has 0 spiro atoms. The molecule has 22 nitrogen and oxygen atoms in total. The van der Waals surface area contributed by atoms with Gasteiger partial charge in [0.05, 0.1) is 13.2 Å². The van der Waals surface area contributed by atoms with Gasteiger partial charge in [0.15, 0.2) is 30.9 Å². The summed E-state index contributed by atoms with van der Waals surface area (Å²) in [5.74, 6) is 0.00464. The number of hydrogen-bond acceptors (Lipinski definition) is 16. The van der Waals surface area contributed by atoms with E-state index >= 15 is 0 Å². The fraction of sp³-hybridized carbons (Fsp3) is 0.667. The molecule has 2 aromatic rings. The van der Waals surface area contributed by atoms with Gasteiger partial charge in [-0.25, -0.2) is 18.3 Å². The Kier molecular flexibility index (Phi) is 9.14. The molecule has 2 aromatic heterocycles. The Balaban J connectivity index is 1.42. The second-order valence-corrected chi connectivity index (χ2v) is 12.6. The third-order valence-corrected chi connectivity index (χ3v) is 8.76. The number of aliphatic hydroxyl groups excluding tert-OH is 4. The molecule has 0 radical (unpaired) electrons. The average molecular weight is 640 g/mol. The van der Waals surface area contributed by atoms with Crippen molar-refractivity contribution in [3.8, 4) is 0 Å². The van der Waals surface area contributed by atoms with E-state index in [1.165, 1.54) is 6.33 Å². The summed E-state index contributed by atoms with van der Waals surface area (Å²) < 4.78 is 65.2. The van der Waals surface area contributed by atoms with E-state index in [9.17, 15) is 53.7 Å². The molecule has 2 fully saturated rings. The summed E-state index contributed by atoms with van der Waals surface area (Å²) in [6.07, 6.45) is -11.4. The molecule has 0 amide bonds. The lowest BCUT2D eigenvalue weighted by Crippen LogP contribution is -2.46. The number of nitrogens with one attached hydrogen (secondary N) is 1. The normalized spacial score (nSPS) is 34.2. The van der Waals surface area contributed by atoms with Gasteiger partial charge >= 0.3 is 29.1 Å². The van der Waals surface area contributed by atoms with Crippen LogP contribution in [0, 0.1) is 0 Å². The van der Waals surface area contributed by atoms with Crippen LogP contribution in [0.25, 0.3) is 11.2 Å². The minimum Gasteiger partial charge on any atom is -0.387 e. The Hall–Kier alpha value is -1.52. The van der Waals surface area contributed by atoms with Crippen molar-refractivity contribution in [3.05, 3.63) is 12.7 Å². The molecule has 2 aliphatic rings. The highest BCUT2D eigenvalue weighted by Gasteiger charge is 2.52. The lowest BCUT2D eigenvalue weighted by atomic mass is 10.1. The number of nitrogens with zero attached hydrogens (tertiary/aromatic N) is 3. The van der Waals surface area contributed by atoms with Crippen LogP contribution in [0.2, 0.25) is 0 Å². The third-order valence-electron chi connectivity index (χ3n) is 5.64. The molecule has 40 heavy (non-hydrogen) atoms. The molecule has 0 saturated carbocycles. The van der Waals surface area contributed by atoms with Crippen molar-refractivity contribution in [3.63, 3.8) is 0 Å². The van der Waals surface area contributed by atoms with Gasteiger partial charge in [0, 0.05) is 0 Å². The molecule has 2 aliphatic heterocycles. The lowest BCUT2D eigenvalue weighted by Gasteiger charge is -2.21. The van der Waals surface area contributed by atoms with E-state index in [1.54, 1.807) is 0 Å². The predicted molar refractivity (Wildman–Crippen MR) is 121 cm³/mol. The number of aromatic amines is 1. The third kappa shape index (κ3) is 7.09. The molecule has 2 unspecified atom stereocenters. The number of imidazole rings is 1. The first-order valence-corrected chi connectivity index (χ1v) is 15.4. The molecule has 0 aromatic carbocycles. The summed E-state index contributed by atoms with van der Waals surface area (Å²) in [6, 6.07) is 0. The second-order valence-electron chi connectivity index (χ2n) is 8.41. The number of phosphoric ester groups is 3. The number of fused-ring (bicyclic) bond motifs is 1. The van der Waals surface area contributed by atoms with Crippen molar-refractivity contribution in [2.75, 3.05) is 18.9 Å². The van der Waals surface area contributed by atoms with E-state index in [-0.39, 0.29) is 17.0 Å². The van der Waals surface area contributed by atoms with Gasteiger partial charge in [-0.3, -0.25) is 18.6 Å². The van der Waals surface area contributed by atoms with Crippen molar-refractivity contribution >= 4 is 40.4 Å². The van der Waals surface area contributed by atoms with Crippen LogP contribution in [0.15, 0.2) is 12.7 Å². The van der Waals surface area contributed by atoms with Crippen LogP contribution in [0.3, 0.4) is 0 Å². The molecule has 10 atom stereocenters. The first-order chi connectivity index (χ1) is 18.5. The minimum absolute atomic E-state index is 0.00464. The number of ether oxygens (including phenoxy) is 2. The van der Waals surface area contributed by atoms with E-state index in [1.807, 2.05) is 0 Å². The van der Waals surface area contributed by atoms with Gasteiger partial charge in [-0.1, -0.05) is 4.98 Å². The van der Waals surface area contributed by atoms with E-state index in [4.69, 9.17) is 15.2 Å². The van der Waals surface area contributed by atoms with Gasteiger partial charge in [-0.05, 0) is 0 Å². The number of aliphatic hydroxyl groups is 4. The number of nitrogen functional groups attached to an aromatic ring is 1. The Labute approximate surface area is 222 Å². The second kappa shape index (κ2) is 11.6. The summed E-state index contributed by atoms with van der Waals surface area (Å²) in [5, 5.41) is 39.1. The first-order valence-electron chi connectivity index (χ1n) is 10.9. The number of phosphoric acid groups is 3. The van der Waals surface area contributed by atoms with Crippen molar-refractivity contribution in [1.29, 1.82) is 0 Å². The summed E-state index contributed by atoms with van der Waals surface area (Å²) in [7, 11) is -16.1. The zero-order valence-corrected chi connectivity index (χ0v) is 22.4. The van der Waals surface area contributed by atoms with Crippen molar-refractivity contribution in [1.82, 2.24) is 15.0 Å². The van der Waals surface area contributed by atoms with Crippen LogP contribution in [-0.4, -0.2) is 111 Å². The van der Waals surface area contributed by atoms with Crippen LogP contribution >= 0.6 is 23.5 Å². The maximum absolute atomic E-state index is 12.3. The highest BCUT2D eigenvalue weighted by atomic mass is 31.3. The van der Waals surface area contributed by atoms with E-state index < -0.39 is 85.8 Å². The lowest BCUT2D eigenvalue weighted by molar-refractivity contribution is -0.744. The molecule has 11 N–H and O–H groups in total. The topological polar surface area (TPSA) is 340 Å². The van der Waals surface area contributed by atoms with Crippen LogP contribution in [0.4, 0.5) is 5.82 Å². The van der Waals surface area contributed by atoms with Crippen LogP contribution in [0.5, 0.6) is 0 Å². The Bertz CT molecular complexity index is 1360. The molecule has 0 bridgehead atoms. The Morgan fingerprint density at radius 2 is 1.52 bits per heavy atom. The minimum atomic E-state index is -5.46. The highest BCUT2D eigenvalue weighted by molar-refractivity contribution is 7.61. The molecule has 226 valence electrons. The number of nitrogens with two attached hydrogens (primary N) is 1. The number of rotatable bonds is 11. The maximum atomic E-state index is 12.3. The monoisotopic (exact) mass is 640 g/mol. The Morgan fingerprint density at radius 1 is 0.925 bits per heavy atom. The molecule has 25 heteroatoms. The molecule has 2 saturated heterocycles. The van der Waals surface area contributed by atoms with E-state index in [2.05, 4.69) is 32.8 Å². The average Bonchev–Trinajstić information content (AvgIpc) is 3.47. The smallest absolute Gasteiger partial charge is 0.387 e. The van der Waals surface area contributed by atoms with E-state index in [0.29, 0.717) is 0 Å². The molecular formula is C15H25N5O17P3+. The van der Waals surface area contributed by atoms with Gasteiger partial charge in [-0.15, -0.1) is 0 Å². The van der Waals surface area contributed by atoms with Crippen LogP contribution in [-0.2, 0) is 41.1 Å². The van der Waals surface area contributed by atoms with Crippen molar-refractivity contribution in [2.24, 2.45) is 0 Å². The zero-order chi connectivity index (χ0) is 29.6. The molecular weight excluding hydrogens is 615 g/mol. The van der Waals surface area contributed by atoms with Crippen LogP contribution < -0.4 is 10.3 Å². The first kappa shape index (κ1) is 31.4. The Morgan fingerprint density at radius 3 is 2.08 bits per heavy atom. The van der Waals surface area contributed by atoms with Crippen molar-refractivity contribution < 1.29 is 85.6 Å². The van der Waals surface area contributed by atoms with Crippen LogP contribution in [0.1, 0.15) is 6.23 Å². The number of aromatic nitrogens is 4. The fourth-order valence-electron chi connectivity index (χ4n) is 3.84. The zero-order valence-electron chi connectivity index (χ0n) is 19.7. The molecule has 4 rings (SSSR count). The number of H-pyrrole nitrogens is 1. The summed E-state index contributed by atoms with van der Waals surface area (Å²) >= 11 is 0. The molecule has 4 heterocycles. The standard InChI is InChI=1S/C15H24N5O17P3/c16-12-7-13(18-3-17-12)20(4-19-7)14-11(36-38(25,26)27)9(22)6(34-14)2-33-40(30,31)37-39(28,29)32-1-5-8(21)10(23)15(24)35-5/h3-6,8-11,14-15,21-24H,1-2H2,(H6,16,17,18,25,26,27,28,29,30,31)/p+1/t5-,6-,8-,9-,10-,11-,14-,15-/m1/s1. The summed E-state index contributed by atoms with van der Waals surface area (Å²) in [5.41, 5.74) is 6.01. The van der Waals surface area contributed by atoms with Gasteiger partial charge in [0.2, 0.25) is 11.7 Å². The number of anilines is 1. The number of hydrogen-bond donors (Lipinski definition) is 10. The van der Waals surface area contributed by atoms with Crippen molar-refractivity contribution in [2.45, 2.75) is 49.1 Å². The maximum Gasteiger partial charge on any atom is 0.481 e. The summed E-state index contributed by atoms with van der Waals surface area (Å²) in [6.45, 7) is -2.01.